The topological polar surface area (TPSA) is 38.1 Å². The Bertz CT molecular complexity index is 1250. The van der Waals surface area contributed by atoms with Crippen LogP contribution in [0.25, 0.3) is 11.0 Å². The summed E-state index contributed by atoms with van der Waals surface area (Å²) in [6.45, 7) is 3.31. The van der Waals surface area contributed by atoms with Gasteiger partial charge in [-0.2, -0.15) is 0 Å². The van der Waals surface area contributed by atoms with Crippen molar-refractivity contribution >= 4 is 34.2 Å². The van der Waals surface area contributed by atoms with Crippen molar-refractivity contribution in [3.8, 4) is 0 Å². The molecule has 1 amide bonds. The number of hydrogen-bond acceptors (Lipinski definition) is 2. The molecule has 1 aliphatic heterocycles. The third-order valence-electron chi connectivity index (χ3n) is 5.77. The highest BCUT2D eigenvalue weighted by Gasteiger charge is 2.35. The Morgan fingerprint density at radius 1 is 1.03 bits per heavy atom. The molecule has 4 nitrogen and oxygen atoms in total. The summed E-state index contributed by atoms with van der Waals surface area (Å²) < 4.78 is 2.22. The van der Waals surface area contributed by atoms with Gasteiger partial charge in [-0.25, -0.2) is 4.98 Å². The summed E-state index contributed by atoms with van der Waals surface area (Å²) in [5, 5.41) is 0.741. The van der Waals surface area contributed by atoms with Crippen molar-refractivity contribution in [1.82, 2.24) is 9.55 Å². The zero-order valence-corrected chi connectivity index (χ0v) is 17.5. The quantitative estimate of drug-likeness (QED) is 0.437. The van der Waals surface area contributed by atoms with Crippen LogP contribution >= 0.6 is 11.6 Å². The van der Waals surface area contributed by atoms with Gasteiger partial charge in [-0.1, -0.05) is 54.1 Å². The lowest BCUT2D eigenvalue weighted by molar-refractivity contribution is -0.117. The minimum Gasteiger partial charge on any atom is -0.323 e. The minimum atomic E-state index is 0.0351. The third-order valence-corrected chi connectivity index (χ3v) is 6.14. The van der Waals surface area contributed by atoms with Gasteiger partial charge in [0.2, 0.25) is 5.91 Å². The van der Waals surface area contributed by atoms with Crippen LogP contribution in [0.5, 0.6) is 0 Å². The van der Waals surface area contributed by atoms with E-state index >= 15 is 0 Å². The molecule has 3 aromatic carbocycles. The standard InChI is InChI=1S/C25H22ClN3O/c1-17-7-6-9-20(13-17)28-16-19(14-24(28)30)25-27-22-11-4-5-12-23(22)29(25)15-18-8-2-3-10-21(18)26/h2-13,19H,14-16H2,1H3/t19-/m1/s1. The second kappa shape index (κ2) is 7.62. The second-order valence-corrected chi connectivity index (χ2v) is 8.29. The number of aryl methyl sites for hydroxylation is 1. The molecule has 1 saturated heterocycles. The van der Waals surface area contributed by atoms with Crippen molar-refractivity contribution in [2.24, 2.45) is 0 Å². The van der Waals surface area contributed by atoms with Crippen LogP contribution in [0.3, 0.4) is 0 Å². The second-order valence-electron chi connectivity index (χ2n) is 7.88. The fourth-order valence-corrected chi connectivity index (χ4v) is 4.49. The summed E-state index contributed by atoms with van der Waals surface area (Å²) in [5.41, 5.74) is 5.16. The lowest BCUT2D eigenvalue weighted by atomic mass is 10.1. The van der Waals surface area contributed by atoms with Crippen LogP contribution in [-0.2, 0) is 11.3 Å². The molecule has 30 heavy (non-hydrogen) atoms. The van der Waals surface area contributed by atoms with E-state index in [4.69, 9.17) is 16.6 Å². The number of imidazole rings is 1. The lowest BCUT2D eigenvalue weighted by Gasteiger charge is -2.18. The molecule has 4 aromatic rings. The van der Waals surface area contributed by atoms with Gasteiger partial charge in [0.25, 0.3) is 0 Å². The molecule has 1 atom stereocenters. The first-order chi connectivity index (χ1) is 14.6. The Morgan fingerprint density at radius 3 is 2.67 bits per heavy atom. The molecule has 0 radical (unpaired) electrons. The fraction of sp³-hybridized carbons (Fsp3) is 0.200. The maximum atomic E-state index is 12.9. The van der Waals surface area contributed by atoms with E-state index in [-0.39, 0.29) is 11.8 Å². The van der Waals surface area contributed by atoms with E-state index in [1.165, 1.54) is 0 Å². The summed E-state index contributed by atoms with van der Waals surface area (Å²) in [6, 6.07) is 24.1. The summed E-state index contributed by atoms with van der Waals surface area (Å²) >= 11 is 6.45. The van der Waals surface area contributed by atoms with E-state index in [1.54, 1.807) is 0 Å². The van der Waals surface area contributed by atoms with Gasteiger partial charge in [0.15, 0.2) is 0 Å². The molecule has 150 valence electrons. The summed E-state index contributed by atoms with van der Waals surface area (Å²) in [7, 11) is 0. The molecule has 0 saturated carbocycles. The Labute approximate surface area is 180 Å². The van der Waals surface area contributed by atoms with Crippen LogP contribution in [0.1, 0.15) is 29.3 Å². The molecule has 5 heteroatoms. The highest BCUT2D eigenvalue weighted by molar-refractivity contribution is 6.31. The highest BCUT2D eigenvalue weighted by atomic mass is 35.5. The smallest absolute Gasteiger partial charge is 0.227 e. The van der Waals surface area contributed by atoms with Gasteiger partial charge in [0.1, 0.15) is 5.82 Å². The zero-order chi connectivity index (χ0) is 20.7. The van der Waals surface area contributed by atoms with E-state index in [0.29, 0.717) is 19.5 Å². The molecule has 0 N–H and O–H groups in total. The SMILES string of the molecule is Cc1cccc(N2C[C@H](c3nc4ccccc4n3Cc3ccccc3Cl)CC2=O)c1. The third kappa shape index (κ3) is 3.37. The number of anilines is 1. The number of carbonyl (C=O) groups excluding carboxylic acids is 1. The molecule has 1 aromatic heterocycles. The van der Waals surface area contributed by atoms with E-state index in [0.717, 1.165) is 38.7 Å². The largest absolute Gasteiger partial charge is 0.323 e. The summed E-state index contributed by atoms with van der Waals surface area (Å²) in [5.74, 6) is 1.12. The molecule has 5 rings (SSSR count). The van der Waals surface area contributed by atoms with E-state index in [1.807, 2.05) is 72.5 Å². The molecule has 0 unspecified atom stereocenters. The number of rotatable bonds is 4. The van der Waals surface area contributed by atoms with E-state index < -0.39 is 0 Å². The van der Waals surface area contributed by atoms with E-state index in [2.05, 4.69) is 16.7 Å². The van der Waals surface area contributed by atoms with Crippen LogP contribution in [0.15, 0.2) is 72.8 Å². The predicted octanol–water partition coefficient (Wildman–Crippen LogP) is 5.57. The fourth-order valence-electron chi connectivity index (χ4n) is 4.29. The predicted molar refractivity (Wildman–Crippen MR) is 121 cm³/mol. The molecule has 2 heterocycles. The van der Waals surface area contributed by atoms with Crippen LogP contribution < -0.4 is 4.90 Å². The summed E-state index contributed by atoms with van der Waals surface area (Å²) in [6.07, 6.45) is 0.458. The van der Waals surface area contributed by atoms with Crippen molar-refractivity contribution in [3.05, 3.63) is 94.8 Å². The van der Waals surface area contributed by atoms with Gasteiger partial charge in [-0.05, 0) is 48.4 Å². The van der Waals surface area contributed by atoms with Crippen molar-refractivity contribution in [2.45, 2.75) is 25.8 Å². The van der Waals surface area contributed by atoms with Crippen LogP contribution in [0.4, 0.5) is 5.69 Å². The Kier molecular flexibility index (Phi) is 4.80. The number of amides is 1. The maximum absolute atomic E-state index is 12.9. The molecule has 1 fully saturated rings. The summed E-state index contributed by atoms with van der Waals surface area (Å²) in [4.78, 5) is 19.7. The van der Waals surface area contributed by atoms with Gasteiger partial charge < -0.3 is 9.47 Å². The Balaban J connectivity index is 1.54. The van der Waals surface area contributed by atoms with Gasteiger partial charge in [-0.3, -0.25) is 4.79 Å². The molecule has 0 aliphatic carbocycles. The Hall–Kier alpha value is -3.11. The number of halogens is 1. The minimum absolute atomic E-state index is 0.0351. The highest BCUT2D eigenvalue weighted by Crippen LogP contribution is 2.34. The number of hydrogen-bond donors (Lipinski definition) is 0. The Morgan fingerprint density at radius 2 is 1.83 bits per heavy atom. The monoisotopic (exact) mass is 415 g/mol. The first-order valence-electron chi connectivity index (χ1n) is 10.2. The van der Waals surface area contributed by atoms with Crippen molar-refractivity contribution in [1.29, 1.82) is 0 Å². The zero-order valence-electron chi connectivity index (χ0n) is 16.8. The van der Waals surface area contributed by atoms with Crippen LogP contribution in [0.2, 0.25) is 5.02 Å². The first-order valence-corrected chi connectivity index (χ1v) is 10.5. The maximum Gasteiger partial charge on any atom is 0.227 e. The molecular formula is C25H22ClN3O. The molecule has 1 aliphatic rings. The normalized spacial score (nSPS) is 16.5. The molecular weight excluding hydrogens is 394 g/mol. The van der Waals surface area contributed by atoms with Crippen LogP contribution in [-0.4, -0.2) is 22.0 Å². The van der Waals surface area contributed by atoms with Gasteiger partial charge in [0, 0.05) is 29.6 Å². The number of fused-ring (bicyclic) bond motifs is 1. The van der Waals surface area contributed by atoms with E-state index in [9.17, 15) is 4.79 Å². The number of benzene rings is 3. The molecule has 0 bridgehead atoms. The number of nitrogens with zero attached hydrogens (tertiary/aromatic N) is 3. The average Bonchev–Trinajstić information content (AvgIpc) is 3.30. The van der Waals surface area contributed by atoms with Gasteiger partial charge in [0.05, 0.1) is 17.6 Å². The van der Waals surface area contributed by atoms with Crippen molar-refractivity contribution in [3.63, 3.8) is 0 Å². The first kappa shape index (κ1) is 18.9. The van der Waals surface area contributed by atoms with Crippen molar-refractivity contribution in [2.75, 3.05) is 11.4 Å². The molecule has 0 spiro atoms. The lowest BCUT2D eigenvalue weighted by Crippen LogP contribution is -2.24. The average molecular weight is 416 g/mol. The van der Waals surface area contributed by atoms with Gasteiger partial charge in [-0.15, -0.1) is 0 Å². The van der Waals surface area contributed by atoms with Crippen LogP contribution in [0, 0.1) is 6.92 Å². The number of aromatic nitrogens is 2. The number of para-hydroxylation sites is 2. The van der Waals surface area contributed by atoms with Crippen molar-refractivity contribution < 1.29 is 4.79 Å². The van der Waals surface area contributed by atoms with Gasteiger partial charge >= 0.3 is 0 Å². The number of carbonyl (C=O) groups is 1.